The Kier molecular flexibility index (Phi) is 4.45. The summed E-state index contributed by atoms with van der Waals surface area (Å²) in [7, 11) is 2.05. The Morgan fingerprint density at radius 1 is 1.35 bits per heavy atom. The lowest BCUT2D eigenvalue weighted by Crippen LogP contribution is -2.39. The summed E-state index contributed by atoms with van der Waals surface area (Å²) in [6.45, 7) is 8.85. The van der Waals surface area contributed by atoms with Crippen LogP contribution in [0.15, 0.2) is 18.2 Å². The normalized spacial score (nSPS) is 13.6. The lowest BCUT2D eigenvalue weighted by atomic mass is 9.87. The molecular weight excluding hydrogens is 234 g/mol. The van der Waals surface area contributed by atoms with Crippen molar-refractivity contribution in [2.45, 2.75) is 40.3 Å². The van der Waals surface area contributed by atoms with Crippen LogP contribution in [-0.2, 0) is 6.61 Å². The van der Waals surface area contributed by atoms with Crippen LogP contribution in [0, 0.1) is 5.41 Å². The lowest BCUT2D eigenvalue weighted by Gasteiger charge is -2.37. The van der Waals surface area contributed by atoms with Crippen LogP contribution in [0.2, 0.25) is 5.02 Å². The zero-order valence-electron chi connectivity index (χ0n) is 11.3. The molecule has 1 N–H and O–H groups in total. The van der Waals surface area contributed by atoms with E-state index in [0.717, 1.165) is 11.3 Å². The summed E-state index contributed by atoms with van der Waals surface area (Å²) in [4.78, 5) is 2.18. The number of aliphatic hydroxyl groups is 1. The summed E-state index contributed by atoms with van der Waals surface area (Å²) in [5.41, 5.74) is 2.04. The Morgan fingerprint density at radius 3 is 2.35 bits per heavy atom. The third-order valence-electron chi connectivity index (χ3n) is 3.41. The van der Waals surface area contributed by atoms with E-state index in [4.69, 9.17) is 16.7 Å². The molecule has 2 nitrogen and oxygen atoms in total. The largest absolute Gasteiger partial charge is 0.392 e. The van der Waals surface area contributed by atoms with E-state index in [-0.39, 0.29) is 12.0 Å². The van der Waals surface area contributed by atoms with Crippen molar-refractivity contribution in [2.75, 3.05) is 11.9 Å². The van der Waals surface area contributed by atoms with Gasteiger partial charge in [0.05, 0.1) is 17.3 Å². The van der Waals surface area contributed by atoms with Gasteiger partial charge in [-0.2, -0.15) is 0 Å². The summed E-state index contributed by atoms with van der Waals surface area (Å²) >= 11 is 6.24. The summed E-state index contributed by atoms with van der Waals surface area (Å²) < 4.78 is 0. The van der Waals surface area contributed by atoms with Gasteiger partial charge in [-0.25, -0.2) is 0 Å². The van der Waals surface area contributed by atoms with Gasteiger partial charge in [0.15, 0.2) is 0 Å². The fourth-order valence-corrected chi connectivity index (χ4v) is 2.06. The molecule has 0 saturated heterocycles. The van der Waals surface area contributed by atoms with E-state index in [2.05, 4.69) is 39.6 Å². The third kappa shape index (κ3) is 3.36. The van der Waals surface area contributed by atoms with Crippen LogP contribution < -0.4 is 4.90 Å². The van der Waals surface area contributed by atoms with Gasteiger partial charge in [-0.1, -0.05) is 38.4 Å². The van der Waals surface area contributed by atoms with Gasteiger partial charge in [-0.15, -0.1) is 0 Å². The second kappa shape index (κ2) is 5.28. The van der Waals surface area contributed by atoms with E-state index in [9.17, 15) is 0 Å². The van der Waals surface area contributed by atoms with Crippen molar-refractivity contribution >= 4 is 17.3 Å². The first kappa shape index (κ1) is 14.3. The number of nitrogens with zero attached hydrogens (tertiary/aromatic N) is 1. The van der Waals surface area contributed by atoms with Gasteiger partial charge < -0.3 is 10.0 Å². The number of rotatable bonds is 3. The smallest absolute Gasteiger partial charge is 0.0682 e. The first-order valence-corrected chi connectivity index (χ1v) is 6.27. The SMILES string of the molecule is CC(N(C)c1ccc(CO)cc1Cl)C(C)(C)C. The van der Waals surface area contributed by atoms with Crippen LogP contribution in [-0.4, -0.2) is 18.2 Å². The molecule has 0 bridgehead atoms. The molecule has 0 amide bonds. The molecule has 1 atom stereocenters. The van der Waals surface area contributed by atoms with Crippen LogP contribution in [0.1, 0.15) is 33.3 Å². The van der Waals surface area contributed by atoms with E-state index in [1.165, 1.54) is 0 Å². The molecular formula is C14H22ClNO. The second-order valence-electron chi connectivity index (χ2n) is 5.60. The van der Waals surface area contributed by atoms with Crippen molar-refractivity contribution in [2.24, 2.45) is 5.41 Å². The predicted octanol–water partition coefficient (Wildman–Crippen LogP) is 3.70. The van der Waals surface area contributed by atoms with Crippen LogP contribution >= 0.6 is 11.6 Å². The molecule has 0 aromatic heterocycles. The maximum absolute atomic E-state index is 9.06. The molecule has 0 fully saturated rings. The average molecular weight is 256 g/mol. The maximum Gasteiger partial charge on any atom is 0.0682 e. The number of aliphatic hydroxyl groups excluding tert-OH is 1. The highest BCUT2D eigenvalue weighted by Crippen LogP contribution is 2.32. The van der Waals surface area contributed by atoms with E-state index in [0.29, 0.717) is 11.1 Å². The molecule has 0 spiro atoms. The van der Waals surface area contributed by atoms with Crippen molar-refractivity contribution < 1.29 is 5.11 Å². The minimum atomic E-state index is 0.0263. The molecule has 96 valence electrons. The maximum atomic E-state index is 9.06. The Morgan fingerprint density at radius 2 is 1.94 bits per heavy atom. The standard InChI is InChI=1S/C14H22ClNO/c1-10(14(2,3)4)16(5)13-7-6-11(9-17)8-12(13)15/h6-8,10,17H,9H2,1-5H3. The summed E-state index contributed by atoms with van der Waals surface area (Å²) in [6, 6.07) is 6.08. The molecule has 0 heterocycles. The highest BCUT2D eigenvalue weighted by Gasteiger charge is 2.25. The van der Waals surface area contributed by atoms with Crippen molar-refractivity contribution in [3.63, 3.8) is 0 Å². The number of hydrogen-bond acceptors (Lipinski definition) is 2. The molecule has 17 heavy (non-hydrogen) atoms. The van der Waals surface area contributed by atoms with Gasteiger partial charge in [0.2, 0.25) is 0 Å². The average Bonchev–Trinajstić information content (AvgIpc) is 2.25. The summed E-state index contributed by atoms with van der Waals surface area (Å²) in [5.74, 6) is 0. The van der Waals surface area contributed by atoms with Crippen LogP contribution in [0.5, 0.6) is 0 Å². The molecule has 1 aromatic rings. The van der Waals surface area contributed by atoms with Crippen molar-refractivity contribution in [1.29, 1.82) is 0 Å². The summed E-state index contributed by atoms with van der Waals surface area (Å²) in [6.07, 6.45) is 0. The molecule has 1 rings (SSSR count). The number of anilines is 1. The van der Waals surface area contributed by atoms with Gasteiger partial charge in [-0.05, 0) is 30.0 Å². The molecule has 1 aromatic carbocycles. The first-order chi connectivity index (χ1) is 7.77. The monoisotopic (exact) mass is 255 g/mol. The second-order valence-corrected chi connectivity index (χ2v) is 6.00. The van der Waals surface area contributed by atoms with E-state index < -0.39 is 0 Å². The quantitative estimate of drug-likeness (QED) is 0.890. The molecule has 3 heteroatoms. The van der Waals surface area contributed by atoms with Gasteiger partial charge in [-0.3, -0.25) is 0 Å². The zero-order valence-corrected chi connectivity index (χ0v) is 12.0. The number of hydrogen-bond donors (Lipinski definition) is 1. The third-order valence-corrected chi connectivity index (χ3v) is 3.71. The Bertz CT molecular complexity index is 384. The van der Waals surface area contributed by atoms with E-state index in [1.54, 1.807) is 0 Å². The minimum absolute atomic E-state index is 0.0263. The topological polar surface area (TPSA) is 23.5 Å². The Balaban J connectivity index is 3.01. The van der Waals surface area contributed by atoms with Gasteiger partial charge in [0.1, 0.15) is 0 Å². The first-order valence-electron chi connectivity index (χ1n) is 5.89. The highest BCUT2D eigenvalue weighted by molar-refractivity contribution is 6.33. The van der Waals surface area contributed by atoms with Gasteiger partial charge in [0, 0.05) is 13.1 Å². The number of halogens is 1. The van der Waals surface area contributed by atoms with Crippen LogP contribution in [0.3, 0.4) is 0 Å². The zero-order chi connectivity index (χ0) is 13.2. The fourth-order valence-electron chi connectivity index (χ4n) is 1.72. The minimum Gasteiger partial charge on any atom is -0.392 e. The van der Waals surface area contributed by atoms with Crippen molar-refractivity contribution in [3.8, 4) is 0 Å². The molecule has 0 aliphatic rings. The Labute approximate surface area is 109 Å². The van der Waals surface area contributed by atoms with Crippen molar-refractivity contribution in [3.05, 3.63) is 28.8 Å². The van der Waals surface area contributed by atoms with Crippen LogP contribution in [0.25, 0.3) is 0 Å². The molecule has 0 saturated carbocycles. The molecule has 0 aliphatic heterocycles. The van der Waals surface area contributed by atoms with Gasteiger partial charge in [0.25, 0.3) is 0 Å². The van der Waals surface area contributed by atoms with Crippen molar-refractivity contribution in [1.82, 2.24) is 0 Å². The molecule has 0 aliphatic carbocycles. The highest BCUT2D eigenvalue weighted by atomic mass is 35.5. The van der Waals surface area contributed by atoms with E-state index >= 15 is 0 Å². The molecule has 1 unspecified atom stereocenters. The number of benzene rings is 1. The van der Waals surface area contributed by atoms with E-state index in [1.807, 2.05) is 18.2 Å². The molecule has 0 radical (unpaired) electrons. The summed E-state index contributed by atoms with van der Waals surface area (Å²) in [5, 5.41) is 9.75. The van der Waals surface area contributed by atoms with Gasteiger partial charge >= 0.3 is 0 Å². The fraction of sp³-hybridized carbons (Fsp3) is 0.571. The lowest BCUT2D eigenvalue weighted by molar-refractivity contribution is 0.282. The van der Waals surface area contributed by atoms with Crippen LogP contribution in [0.4, 0.5) is 5.69 Å². The Hall–Kier alpha value is -0.730. The predicted molar refractivity (Wildman–Crippen MR) is 74.7 cm³/mol.